The standard InChI is InChI=1S/C21H27N3O6S/c1-5-19(21(25)22-12-13-30-20-11-6-8-15(2)16(20)3)23(31(4,28)29)17-9-7-10-18(14-17)24(26)27/h6-11,14,19H,5,12-13H2,1-4H3,(H,22,25)/t19-/m1/s1. The molecule has 2 aromatic rings. The Morgan fingerprint density at radius 1 is 1.23 bits per heavy atom. The third kappa shape index (κ3) is 6.17. The minimum Gasteiger partial charge on any atom is -0.491 e. The van der Waals surface area contributed by atoms with Gasteiger partial charge in [0.05, 0.1) is 23.4 Å². The molecule has 0 heterocycles. The van der Waals surface area contributed by atoms with Crippen LogP contribution in [0, 0.1) is 24.0 Å². The van der Waals surface area contributed by atoms with Crippen molar-refractivity contribution in [3.8, 4) is 5.75 Å². The normalized spacial score (nSPS) is 12.1. The van der Waals surface area contributed by atoms with Crippen LogP contribution in [0.25, 0.3) is 0 Å². The average Bonchev–Trinajstić information content (AvgIpc) is 2.71. The van der Waals surface area contributed by atoms with E-state index in [4.69, 9.17) is 4.74 Å². The second-order valence-electron chi connectivity index (χ2n) is 7.10. The molecule has 0 bridgehead atoms. The van der Waals surface area contributed by atoms with Crippen LogP contribution in [0.15, 0.2) is 42.5 Å². The molecule has 1 amide bonds. The van der Waals surface area contributed by atoms with Crippen LogP contribution in [0.2, 0.25) is 0 Å². The van der Waals surface area contributed by atoms with Crippen LogP contribution in [0.5, 0.6) is 5.75 Å². The van der Waals surface area contributed by atoms with Gasteiger partial charge in [0.1, 0.15) is 18.4 Å². The first-order chi connectivity index (χ1) is 14.6. The molecule has 2 aromatic carbocycles. The van der Waals surface area contributed by atoms with E-state index >= 15 is 0 Å². The minimum atomic E-state index is -3.88. The number of hydrogen-bond donors (Lipinski definition) is 1. The van der Waals surface area contributed by atoms with E-state index in [0.717, 1.165) is 33.5 Å². The Labute approximate surface area is 182 Å². The Kier molecular flexibility index (Phi) is 7.98. The van der Waals surface area contributed by atoms with Crippen molar-refractivity contribution in [2.45, 2.75) is 33.2 Å². The first-order valence-electron chi connectivity index (χ1n) is 9.76. The molecule has 1 atom stereocenters. The highest BCUT2D eigenvalue weighted by Gasteiger charge is 2.32. The fraction of sp³-hybridized carbons (Fsp3) is 0.381. The van der Waals surface area contributed by atoms with Crippen molar-refractivity contribution in [2.75, 3.05) is 23.7 Å². The van der Waals surface area contributed by atoms with Crippen LogP contribution in [-0.4, -0.2) is 44.7 Å². The molecule has 0 saturated heterocycles. The summed E-state index contributed by atoms with van der Waals surface area (Å²) in [5, 5.41) is 13.8. The lowest BCUT2D eigenvalue weighted by Gasteiger charge is -2.30. The number of anilines is 1. The summed E-state index contributed by atoms with van der Waals surface area (Å²) in [6.07, 6.45) is 1.14. The summed E-state index contributed by atoms with van der Waals surface area (Å²) in [5.41, 5.74) is 1.90. The summed E-state index contributed by atoms with van der Waals surface area (Å²) in [6.45, 7) is 5.98. The molecule has 0 radical (unpaired) electrons. The van der Waals surface area contributed by atoms with Gasteiger partial charge in [-0.1, -0.05) is 25.1 Å². The zero-order valence-electron chi connectivity index (χ0n) is 18.0. The van der Waals surface area contributed by atoms with Crippen molar-refractivity contribution >= 4 is 27.3 Å². The van der Waals surface area contributed by atoms with Crippen LogP contribution in [0.4, 0.5) is 11.4 Å². The maximum Gasteiger partial charge on any atom is 0.271 e. The number of hydrogen-bond acceptors (Lipinski definition) is 6. The highest BCUT2D eigenvalue weighted by molar-refractivity contribution is 7.92. The molecule has 168 valence electrons. The van der Waals surface area contributed by atoms with Gasteiger partial charge in [-0.3, -0.25) is 19.2 Å². The topological polar surface area (TPSA) is 119 Å². The molecule has 0 aliphatic rings. The smallest absolute Gasteiger partial charge is 0.271 e. The minimum absolute atomic E-state index is 0.0605. The SMILES string of the molecule is CC[C@H](C(=O)NCCOc1cccc(C)c1C)N(c1cccc([N+](=O)[O-])c1)S(C)(=O)=O. The molecule has 1 N–H and O–H groups in total. The van der Waals surface area contributed by atoms with Crippen molar-refractivity contribution in [1.82, 2.24) is 5.32 Å². The van der Waals surface area contributed by atoms with Crippen molar-refractivity contribution in [1.29, 1.82) is 0 Å². The number of nitro groups is 1. The number of nitro benzene ring substituents is 1. The van der Waals surface area contributed by atoms with Gasteiger partial charge in [-0.2, -0.15) is 0 Å². The van der Waals surface area contributed by atoms with E-state index in [1.807, 2.05) is 32.0 Å². The Morgan fingerprint density at radius 3 is 2.52 bits per heavy atom. The fourth-order valence-electron chi connectivity index (χ4n) is 3.14. The van der Waals surface area contributed by atoms with Gasteiger partial charge in [-0.05, 0) is 43.5 Å². The fourth-order valence-corrected chi connectivity index (χ4v) is 4.34. The molecule has 0 aliphatic heterocycles. The number of nitrogens with zero attached hydrogens (tertiary/aromatic N) is 2. The molecule has 0 aromatic heterocycles. The molecule has 0 fully saturated rings. The van der Waals surface area contributed by atoms with Crippen LogP contribution in [-0.2, 0) is 14.8 Å². The number of nitrogens with one attached hydrogen (secondary N) is 1. The van der Waals surface area contributed by atoms with Crippen molar-refractivity contribution in [3.05, 3.63) is 63.7 Å². The quantitative estimate of drug-likeness (QED) is 0.338. The van der Waals surface area contributed by atoms with Gasteiger partial charge in [0, 0.05) is 12.1 Å². The third-order valence-corrected chi connectivity index (χ3v) is 6.02. The van der Waals surface area contributed by atoms with Crippen LogP contribution in [0.1, 0.15) is 24.5 Å². The van der Waals surface area contributed by atoms with Crippen LogP contribution >= 0.6 is 0 Å². The van der Waals surface area contributed by atoms with Crippen molar-refractivity contribution in [3.63, 3.8) is 0 Å². The van der Waals surface area contributed by atoms with E-state index in [2.05, 4.69) is 5.32 Å². The van der Waals surface area contributed by atoms with E-state index in [-0.39, 0.29) is 30.9 Å². The number of benzene rings is 2. The van der Waals surface area contributed by atoms with Crippen LogP contribution in [0.3, 0.4) is 0 Å². The highest BCUT2D eigenvalue weighted by atomic mass is 32.2. The van der Waals surface area contributed by atoms with Gasteiger partial charge in [0.2, 0.25) is 15.9 Å². The first-order valence-corrected chi connectivity index (χ1v) is 11.6. The Balaban J connectivity index is 2.13. The van der Waals surface area contributed by atoms with Crippen LogP contribution < -0.4 is 14.4 Å². The van der Waals surface area contributed by atoms with Gasteiger partial charge in [0.25, 0.3) is 5.69 Å². The monoisotopic (exact) mass is 449 g/mol. The average molecular weight is 450 g/mol. The molecule has 10 heteroatoms. The molecule has 2 rings (SSSR count). The number of aryl methyl sites for hydroxylation is 1. The number of sulfonamides is 1. The molecule has 0 saturated carbocycles. The third-order valence-electron chi connectivity index (χ3n) is 4.84. The summed E-state index contributed by atoms with van der Waals surface area (Å²) in [7, 11) is -3.88. The van der Waals surface area contributed by atoms with Gasteiger partial charge in [0.15, 0.2) is 0 Å². The largest absolute Gasteiger partial charge is 0.491 e. The maximum atomic E-state index is 12.8. The molecule has 0 unspecified atom stereocenters. The Bertz CT molecular complexity index is 1050. The first kappa shape index (κ1) is 24.1. The summed E-state index contributed by atoms with van der Waals surface area (Å²) < 4.78 is 31.5. The van der Waals surface area contributed by atoms with Crippen molar-refractivity contribution in [2.24, 2.45) is 0 Å². The number of non-ortho nitro benzene ring substituents is 1. The molecule has 0 spiro atoms. The molecule has 9 nitrogen and oxygen atoms in total. The number of ether oxygens (including phenoxy) is 1. The van der Waals surface area contributed by atoms with E-state index in [1.165, 1.54) is 18.2 Å². The maximum absolute atomic E-state index is 12.8. The zero-order valence-corrected chi connectivity index (χ0v) is 18.8. The van der Waals surface area contributed by atoms with Gasteiger partial charge < -0.3 is 10.1 Å². The zero-order chi connectivity index (χ0) is 23.2. The predicted octanol–water partition coefficient (Wildman–Crippen LogP) is 2.95. The molecule has 0 aliphatic carbocycles. The van der Waals surface area contributed by atoms with Gasteiger partial charge in [-0.25, -0.2) is 8.42 Å². The second kappa shape index (κ2) is 10.3. The number of carbonyl (C=O) groups is 1. The van der Waals surface area contributed by atoms with E-state index < -0.39 is 26.9 Å². The lowest BCUT2D eigenvalue weighted by atomic mass is 10.1. The van der Waals surface area contributed by atoms with Gasteiger partial charge in [-0.15, -0.1) is 0 Å². The Morgan fingerprint density at radius 2 is 1.90 bits per heavy atom. The molecular weight excluding hydrogens is 422 g/mol. The highest BCUT2D eigenvalue weighted by Crippen LogP contribution is 2.26. The molecule has 31 heavy (non-hydrogen) atoms. The predicted molar refractivity (Wildman–Crippen MR) is 119 cm³/mol. The van der Waals surface area contributed by atoms with E-state index in [9.17, 15) is 23.3 Å². The second-order valence-corrected chi connectivity index (χ2v) is 8.96. The number of rotatable bonds is 10. The van der Waals surface area contributed by atoms with Gasteiger partial charge >= 0.3 is 0 Å². The lowest BCUT2D eigenvalue weighted by molar-refractivity contribution is -0.384. The summed E-state index contributed by atoms with van der Waals surface area (Å²) in [5.74, 6) is 0.208. The van der Waals surface area contributed by atoms with Crippen molar-refractivity contribution < 1.29 is 22.9 Å². The lowest BCUT2D eigenvalue weighted by Crippen LogP contribution is -2.50. The number of carbonyl (C=O) groups excluding carboxylic acids is 1. The summed E-state index contributed by atoms with van der Waals surface area (Å²) in [6, 6.07) is 9.85. The Hall–Kier alpha value is -3.14. The van der Waals surface area contributed by atoms with E-state index in [0.29, 0.717) is 0 Å². The summed E-state index contributed by atoms with van der Waals surface area (Å²) >= 11 is 0. The summed E-state index contributed by atoms with van der Waals surface area (Å²) in [4.78, 5) is 23.2. The van der Waals surface area contributed by atoms with E-state index in [1.54, 1.807) is 6.92 Å². The number of amides is 1. The molecular formula is C21H27N3O6S.